The number of nitrogens with two attached hydrogens (primary N) is 1. The first kappa shape index (κ1) is 14.1. The lowest BCUT2D eigenvalue weighted by Gasteiger charge is -2.13. The van der Waals surface area contributed by atoms with Crippen molar-refractivity contribution in [3.8, 4) is 11.5 Å². The van der Waals surface area contributed by atoms with Gasteiger partial charge in [-0.3, -0.25) is 0 Å². The molecule has 5 heteroatoms. The average molecular weight is 279 g/mol. The third-order valence-corrected chi connectivity index (χ3v) is 2.96. The number of rotatable bonds is 4. The second kappa shape index (κ2) is 5.77. The number of aryl methyl sites for hydroxylation is 1. The van der Waals surface area contributed by atoms with Crippen molar-refractivity contribution in [2.75, 3.05) is 12.8 Å². The lowest BCUT2D eigenvalue weighted by molar-refractivity contribution is 0.289. The molecular formula is C15H15F2NO2. The molecule has 0 saturated carbocycles. The monoisotopic (exact) mass is 279 g/mol. The van der Waals surface area contributed by atoms with Gasteiger partial charge in [-0.25, -0.2) is 8.78 Å². The Morgan fingerprint density at radius 1 is 1.15 bits per heavy atom. The van der Waals surface area contributed by atoms with Crippen molar-refractivity contribution in [3.63, 3.8) is 0 Å². The molecule has 0 fully saturated rings. The van der Waals surface area contributed by atoms with Gasteiger partial charge in [0.2, 0.25) is 0 Å². The lowest BCUT2D eigenvalue weighted by atomic mass is 10.1. The fourth-order valence-electron chi connectivity index (χ4n) is 1.81. The molecule has 0 aliphatic carbocycles. The van der Waals surface area contributed by atoms with Crippen molar-refractivity contribution in [2.24, 2.45) is 0 Å². The van der Waals surface area contributed by atoms with Crippen LogP contribution in [0, 0.1) is 18.6 Å². The Morgan fingerprint density at radius 3 is 2.55 bits per heavy atom. The maximum absolute atomic E-state index is 14.1. The van der Waals surface area contributed by atoms with E-state index in [1.807, 2.05) is 0 Å². The van der Waals surface area contributed by atoms with Crippen molar-refractivity contribution in [1.29, 1.82) is 0 Å². The van der Waals surface area contributed by atoms with E-state index < -0.39 is 5.82 Å². The van der Waals surface area contributed by atoms with Gasteiger partial charge in [0, 0.05) is 6.07 Å². The molecule has 0 spiro atoms. The molecule has 20 heavy (non-hydrogen) atoms. The van der Waals surface area contributed by atoms with E-state index in [-0.39, 0.29) is 18.1 Å². The zero-order valence-electron chi connectivity index (χ0n) is 11.2. The van der Waals surface area contributed by atoms with Gasteiger partial charge in [-0.1, -0.05) is 6.07 Å². The van der Waals surface area contributed by atoms with Crippen LogP contribution in [0.3, 0.4) is 0 Å². The van der Waals surface area contributed by atoms with Crippen LogP contribution in [0.25, 0.3) is 0 Å². The van der Waals surface area contributed by atoms with Crippen LogP contribution in [0.1, 0.15) is 11.1 Å². The standard InChI is InChI=1S/C15H15F2NO2/c1-9-3-6-14(19-2)11(15(9)17)8-20-10-4-5-12(16)13(18)7-10/h3-7H,8,18H2,1-2H3. The van der Waals surface area contributed by atoms with E-state index in [1.165, 1.54) is 25.3 Å². The topological polar surface area (TPSA) is 44.5 Å². The highest BCUT2D eigenvalue weighted by molar-refractivity contribution is 5.45. The third kappa shape index (κ3) is 2.82. The molecule has 2 N–H and O–H groups in total. The molecule has 0 aliphatic heterocycles. The molecule has 0 heterocycles. The summed E-state index contributed by atoms with van der Waals surface area (Å²) in [5.74, 6) is -0.119. The molecule has 0 amide bonds. The number of nitrogen functional groups attached to an aromatic ring is 1. The Bertz CT molecular complexity index is 630. The smallest absolute Gasteiger partial charge is 0.146 e. The van der Waals surface area contributed by atoms with Crippen LogP contribution in [-0.4, -0.2) is 7.11 Å². The van der Waals surface area contributed by atoms with Crippen molar-refractivity contribution in [1.82, 2.24) is 0 Å². The molecule has 106 valence electrons. The van der Waals surface area contributed by atoms with Crippen molar-refractivity contribution >= 4 is 5.69 Å². The molecule has 0 bridgehead atoms. The van der Waals surface area contributed by atoms with E-state index in [2.05, 4.69) is 0 Å². The fourth-order valence-corrected chi connectivity index (χ4v) is 1.81. The van der Waals surface area contributed by atoms with Crippen LogP contribution in [-0.2, 0) is 6.61 Å². The minimum absolute atomic E-state index is 0.0146. The summed E-state index contributed by atoms with van der Waals surface area (Å²) in [6.45, 7) is 1.63. The fraction of sp³-hybridized carbons (Fsp3) is 0.200. The summed E-state index contributed by atoms with van der Waals surface area (Å²) in [4.78, 5) is 0. The van der Waals surface area contributed by atoms with Gasteiger partial charge < -0.3 is 15.2 Å². The van der Waals surface area contributed by atoms with Crippen LogP contribution in [0.2, 0.25) is 0 Å². The molecule has 2 aromatic carbocycles. The summed E-state index contributed by atoms with van der Waals surface area (Å²) in [6.07, 6.45) is 0. The number of ether oxygens (including phenoxy) is 2. The Balaban J connectivity index is 2.22. The van der Waals surface area contributed by atoms with Gasteiger partial charge >= 0.3 is 0 Å². The Kier molecular flexibility index (Phi) is 4.08. The number of anilines is 1. The lowest BCUT2D eigenvalue weighted by Crippen LogP contribution is -2.04. The summed E-state index contributed by atoms with van der Waals surface area (Å²) < 4.78 is 37.6. The number of methoxy groups -OCH3 is 1. The largest absolute Gasteiger partial charge is 0.496 e. The third-order valence-electron chi connectivity index (χ3n) is 2.96. The Morgan fingerprint density at radius 2 is 1.90 bits per heavy atom. The van der Waals surface area contributed by atoms with Crippen molar-refractivity contribution in [3.05, 3.63) is 53.1 Å². The van der Waals surface area contributed by atoms with Crippen LogP contribution < -0.4 is 15.2 Å². The molecule has 0 saturated heterocycles. The zero-order valence-corrected chi connectivity index (χ0v) is 11.2. The molecule has 3 nitrogen and oxygen atoms in total. The van der Waals surface area contributed by atoms with Crippen molar-refractivity contribution in [2.45, 2.75) is 13.5 Å². The van der Waals surface area contributed by atoms with Crippen LogP contribution in [0.4, 0.5) is 14.5 Å². The molecule has 0 aromatic heterocycles. The minimum Gasteiger partial charge on any atom is -0.496 e. The van der Waals surface area contributed by atoms with E-state index in [0.717, 1.165) is 0 Å². The first-order chi connectivity index (χ1) is 9.52. The Hall–Kier alpha value is -2.30. The van der Waals surface area contributed by atoms with E-state index >= 15 is 0 Å². The Labute approximate surface area is 115 Å². The summed E-state index contributed by atoms with van der Waals surface area (Å²) in [5, 5.41) is 0. The number of benzene rings is 2. The van der Waals surface area contributed by atoms with Gasteiger partial charge in [0.15, 0.2) is 0 Å². The highest BCUT2D eigenvalue weighted by atomic mass is 19.1. The van der Waals surface area contributed by atoms with Gasteiger partial charge in [0.1, 0.15) is 29.7 Å². The van der Waals surface area contributed by atoms with Crippen molar-refractivity contribution < 1.29 is 18.3 Å². The first-order valence-electron chi connectivity index (χ1n) is 6.02. The molecule has 0 radical (unpaired) electrons. The predicted octanol–water partition coefficient (Wildman–Crippen LogP) is 3.44. The van der Waals surface area contributed by atoms with E-state index in [1.54, 1.807) is 19.1 Å². The van der Waals surface area contributed by atoms with Gasteiger partial charge in [-0.05, 0) is 30.7 Å². The summed E-state index contributed by atoms with van der Waals surface area (Å²) in [6, 6.07) is 7.31. The second-order valence-corrected chi connectivity index (χ2v) is 4.35. The van der Waals surface area contributed by atoms with Gasteiger partial charge in [-0.2, -0.15) is 0 Å². The molecule has 2 aromatic rings. The van der Waals surface area contributed by atoms with Gasteiger partial charge in [0.25, 0.3) is 0 Å². The number of halogens is 2. The van der Waals surface area contributed by atoms with E-state index in [9.17, 15) is 8.78 Å². The zero-order chi connectivity index (χ0) is 14.7. The first-order valence-corrected chi connectivity index (χ1v) is 6.02. The molecule has 0 unspecified atom stereocenters. The quantitative estimate of drug-likeness (QED) is 0.872. The van der Waals surface area contributed by atoms with Gasteiger partial charge in [-0.15, -0.1) is 0 Å². The van der Waals surface area contributed by atoms with E-state index in [4.69, 9.17) is 15.2 Å². The molecular weight excluding hydrogens is 264 g/mol. The molecule has 2 rings (SSSR count). The van der Waals surface area contributed by atoms with Crippen LogP contribution >= 0.6 is 0 Å². The van der Waals surface area contributed by atoms with E-state index in [0.29, 0.717) is 22.6 Å². The normalized spacial score (nSPS) is 10.4. The maximum Gasteiger partial charge on any atom is 0.146 e. The number of hydrogen-bond donors (Lipinski definition) is 1. The second-order valence-electron chi connectivity index (χ2n) is 4.35. The summed E-state index contributed by atoms with van der Waals surface area (Å²) in [7, 11) is 1.46. The molecule has 0 aliphatic rings. The SMILES string of the molecule is COc1ccc(C)c(F)c1COc1ccc(F)c(N)c1. The summed E-state index contributed by atoms with van der Waals surface area (Å²) in [5.41, 5.74) is 6.25. The maximum atomic E-state index is 14.1. The van der Waals surface area contributed by atoms with Crippen LogP contribution in [0.5, 0.6) is 11.5 Å². The summed E-state index contributed by atoms with van der Waals surface area (Å²) >= 11 is 0. The predicted molar refractivity (Wildman–Crippen MR) is 72.8 cm³/mol. The number of hydrogen-bond acceptors (Lipinski definition) is 3. The highest BCUT2D eigenvalue weighted by Crippen LogP contribution is 2.26. The average Bonchev–Trinajstić information content (AvgIpc) is 2.44. The van der Waals surface area contributed by atoms with Crippen LogP contribution in [0.15, 0.2) is 30.3 Å². The minimum atomic E-state index is -0.517. The van der Waals surface area contributed by atoms with Gasteiger partial charge in [0.05, 0.1) is 18.4 Å². The highest BCUT2D eigenvalue weighted by Gasteiger charge is 2.13. The molecule has 0 atom stereocenters.